The van der Waals surface area contributed by atoms with E-state index in [0.29, 0.717) is 18.7 Å². The Balaban J connectivity index is 1.87. The number of rotatable bonds is 3. The summed E-state index contributed by atoms with van der Waals surface area (Å²) in [6.07, 6.45) is 3.37. The molecule has 6 heteroatoms. The number of imidazole rings is 1. The Labute approximate surface area is 141 Å². The molecule has 0 unspecified atom stereocenters. The summed E-state index contributed by atoms with van der Waals surface area (Å²) >= 11 is 0. The van der Waals surface area contributed by atoms with Crippen LogP contribution in [0.3, 0.4) is 0 Å². The predicted molar refractivity (Wildman–Crippen MR) is 90.5 cm³/mol. The molecule has 0 fully saturated rings. The summed E-state index contributed by atoms with van der Waals surface area (Å²) in [4.78, 5) is 31.2. The number of nitrogens with one attached hydrogen (secondary N) is 1. The second-order valence-corrected chi connectivity index (χ2v) is 6.53. The van der Waals surface area contributed by atoms with E-state index in [9.17, 15) is 9.59 Å². The van der Waals surface area contributed by atoms with E-state index >= 15 is 0 Å². The zero-order valence-electron chi connectivity index (χ0n) is 14.2. The standard InChI is InChI=1S/C18H22N4O2/c1-12(2)20-17(23)16-10-21(9-15-8-19-11-22(15)16)18(24)14-6-4-5-13(3)7-14/h4-8,11-12,16H,9-10H2,1-3H3,(H,20,23)/t16-/m0/s1. The third-order valence-corrected chi connectivity index (χ3v) is 4.11. The highest BCUT2D eigenvalue weighted by Gasteiger charge is 2.33. The van der Waals surface area contributed by atoms with Crippen LogP contribution in [0.5, 0.6) is 0 Å². The molecule has 0 bridgehead atoms. The minimum Gasteiger partial charge on any atom is -0.352 e. The van der Waals surface area contributed by atoms with Crippen LogP contribution in [0.2, 0.25) is 0 Å². The minimum atomic E-state index is -0.451. The van der Waals surface area contributed by atoms with Crippen molar-refractivity contribution < 1.29 is 9.59 Å². The van der Waals surface area contributed by atoms with Crippen molar-refractivity contribution in [3.05, 3.63) is 53.6 Å². The lowest BCUT2D eigenvalue weighted by Gasteiger charge is -2.34. The maximum atomic E-state index is 12.8. The van der Waals surface area contributed by atoms with Crippen molar-refractivity contribution in [3.63, 3.8) is 0 Å². The Morgan fingerprint density at radius 1 is 1.33 bits per heavy atom. The maximum Gasteiger partial charge on any atom is 0.254 e. The molecule has 0 radical (unpaired) electrons. The van der Waals surface area contributed by atoms with Crippen molar-refractivity contribution in [2.45, 2.75) is 39.4 Å². The molecule has 126 valence electrons. The molecule has 1 aromatic heterocycles. The molecule has 1 aliphatic heterocycles. The molecule has 0 spiro atoms. The summed E-state index contributed by atoms with van der Waals surface area (Å²) in [5, 5.41) is 2.93. The predicted octanol–water partition coefficient (Wildman–Crippen LogP) is 1.91. The van der Waals surface area contributed by atoms with Gasteiger partial charge >= 0.3 is 0 Å². The fraction of sp³-hybridized carbons (Fsp3) is 0.389. The summed E-state index contributed by atoms with van der Waals surface area (Å²) in [5.74, 6) is -0.153. The molecule has 0 saturated carbocycles. The van der Waals surface area contributed by atoms with E-state index in [-0.39, 0.29) is 17.9 Å². The first-order valence-electron chi connectivity index (χ1n) is 8.12. The Kier molecular flexibility index (Phi) is 4.38. The van der Waals surface area contributed by atoms with Gasteiger partial charge in [0.2, 0.25) is 5.91 Å². The fourth-order valence-electron chi connectivity index (χ4n) is 3.00. The second-order valence-electron chi connectivity index (χ2n) is 6.53. The number of aryl methyl sites for hydroxylation is 1. The first-order valence-corrected chi connectivity index (χ1v) is 8.12. The van der Waals surface area contributed by atoms with Crippen molar-refractivity contribution in [2.75, 3.05) is 6.54 Å². The van der Waals surface area contributed by atoms with E-state index in [1.165, 1.54) is 0 Å². The number of nitrogens with zero attached hydrogens (tertiary/aromatic N) is 3. The number of hydrogen-bond donors (Lipinski definition) is 1. The lowest BCUT2D eigenvalue weighted by molar-refractivity contribution is -0.125. The van der Waals surface area contributed by atoms with Gasteiger partial charge in [0.25, 0.3) is 5.91 Å². The number of carbonyl (C=O) groups excluding carboxylic acids is 2. The second kappa shape index (κ2) is 6.47. The molecule has 1 aliphatic rings. The van der Waals surface area contributed by atoms with Crippen LogP contribution in [-0.4, -0.2) is 38.9 Å². The van der Waals surface area contributed by atoms with Gasteiger partial charge in [0, 0.05) is 17.8 Å². The number of carbonyl (C=O) groups is 2. The van der Waals surface area contributed by atoms with Gasteiger partial charge in [-0.15, -0.1) is 0 Å². The summed E-state index contributed by atoms with van der Waals surface area (Å²) in [7, 11) is 0. The van der Waals surface area contributed by atoms with Crippen LogP contribution in [0.25, 0.3) is 0 Å². The molecule has 3 rings (SSSR count). The van der Waals surface area contributed by atoms with Gasteiger partial charge in [-0.1, -0.05) is 17.7 Å². The van der Waals surface area contributed by atoms with E-state index in [0.717, 1.165) is 11.3 Å². The maximum absolute atomic E-state index is 12.8. The molecule has 0 saturated heterocycles. The molecule has 2 aromatic rings. The SMILES string of the molecule is Cc1cccc(C(=O)N2Cc3cncn3[C@H](C(=O)NC(C)C)C2)c1. The molecular weight excluding hydrogens is 304 g/mol. The number of hydrogen-bond acceptors (Lipinski definition) is 3. The van der Waals surface area contributed by atoms with Crippen LogP contribution in [-0.2, 0) is 11.3 Å². The van der Waals surface area contributed by atoms with Gasteiger partial charge < -0.3 is 14.8 Å². The highest BCUT2D eigenvalue weighted by atomic mass is 16.2. The summed E-state index contributed by atoms with van der Waals surface area (Å²) < 4.78 is 1.86. The van der Waals surface area contributed by atoms with Gasteiger partial charge in [-0.05, 0) is 32.9 Å². The molecule has 6 nitrogen and oxygen atoms in total. The monoisotopic (exact) mass is 326 g/mol. The Bertz CT molecular complexity index is 766. The number of fused-ring (bicyclic) bond motifs is 1. The normalized spacial score (nSPS) is 16.8. The highest BCUT2D eigenvalue weighted by molar-refractivity contribution is 5.95. The van der Waals surface area contributed by atoms with Crippen molar-refractivity contribution in [1.82, 2.24) is 19.8 Å². The Hall–Kier alpha value is -2.63. The molecule has 2 heterocycles. The van der Waals surface area contributed by atoms with Crippen LogP contribution in [0, 0.1) is 6.92 Å². The van der Waals surface area contributed by atoms with E-state index in [2.05, 4.69) is 10.3 Å². The number of aromatic nitrogens is 2. The lowest BCUT2D eigenvalue weighted by atomic mass is 10.1. The summed E-state index contributed by atoms with van der Waals surface area (Å²) in [6, 6.07) is 7.11. The van der Waals surface area contributed by atoms with Crippen LogP contribution >= 0.6 is 0 Å². The third-order valence-electron chi connectivity index (χ3n) is 4.11. The smallest absolute Gasteiger partial charge is 0.254 e. The van der Waals surface area contributed by atoms with Crippen LogP contribution in [0.1, 0.15) is 41.5 Å². The van der Waals surface area contributed by atoms with E-state index in [1.807, 2.05) is 49.6 Å². The number of amides is 2. The van der Waals surface area contributed by atoms with Gasteiger partial charge in [0.1, 0.15) is 6.04 Å². The molecule has 2 amide bonds. The van der Waals surface area contributed by atoms with E-state index in [1.54, 1.807) is 17.4 Å². The van der Waals surface area contributed by atoms with Crippen molar-refractivity contribution in [2.24, 2.45) is 0 Å². The largest absolute Gasteiger partial charge is 0.352 e. The van der Waals surface area contributed by atoms with Crippen LogP contribution < -0.4 is 5.32 Å². The Morgan fingerprint density at radius 2 is 2.12 bits per heavy atom. The minimum absolute atomic E-state index is 0.0484. The van der Waals surface area contributed by atoms with Gasteiger partial charge in [0.05, 0.1) is 25.1 Å². The first kappa shape index (κ1) is 16.2. The molecular formula is C18H22N4O2. The quantitative estimate of drug-likeness (QED) is 0.937. The lowest BCUT2D eigenvalue weighted by Crippen LogP contribution is -2.47. The zero-order valence-corrected chi connectivity index (χ0v) is 14.2. The van der Waals surface area contributed by atoms with Crippen LogP contribution in [0.15, 0.2) is 36.8 Å². The van der Waals surface area contributed by atoms with E-state index < -0.39 is 6.04 Å². The van der Waals surface area contributed by atoms with Crippen molar-refractivity contribution in [1.29, 1.82) is 0 Å². The van der Waals surface area contributed by atoms with Gasteiger partial charge in [0.15, 0.2) is 0 Å². The highest BCUT2D eigenvalue weighted by Crippen LogP contribution is 2.23. The fourth-order valence-corrected chi connectivity index (χ4v) is 3.00. The summed E-state index contributed by atoms with van der Waals surface area (Å²) in [5.41, 5.74) is 2.55. The van der Waals surface area contributed by atoms with Gasteiger partial charge in [-0.3, -0.25) is 9.59 Å². The topological polar surface area (TPSA) is 67.2 Å². The molecule has 1 atom stereocenters. The van der Waals surface area contributed by atoms with Crippen molar-refractivity contribution >= 4 is 11.8 Å². The molecule has 1 N–H and O–H groups in total. The first-order chi connectivity index (χ1) is 11.5. The van der Waals surface area contributed by atoms with Crippen LogP contribution in [0.4, 0.5) is 0 Å². The third kappa shape index (κ3) is 3.18. The van der Waals surface area contributed by atoms with Gasteiger partial charge in [-0.25, -0.2) is 4.98 Å². The van der Waals surface area contributed by atoms with Crippen molar-refractivity contribution in [3.8, 4) is 0 Å². The zero-order chi connectivity index (χ0) is 17.3. The van der Waals surface area contributed by atoms with Gasteiger partial charge in [-0.2, -0.15) is 0 Å². The average molecular weight is 326 g/mol. The van der Waals surface area contributed by atoms with E-state index in [4.69, 9.17) is 0 Å². The molecule has 0 aliphatic carbocycles. The number of benzene rings is 1. The molecule has 24 heavy (non-hydrogen) atoms. The summed E-state index contributed by atoms with van der Waals surface area (Å²) in [6.45, 7) is 6.60. The molecule has 1 aromatic carbocycles. The average Bonchev–Trinajstić information content (AvgIpc) is 3.00. The Morgan fingerprint density at radius 3 is 2.83 bits per heavy atom.